The molecule has 7 aromatic carbocycles. The largest absolute Gasteiger partial charge is 0.356 e. The molecule has 8 rings (SSSR count). The first-order chi connectivity index (χ1) is 20.8. The van der Waals surface area contributed by atoms with Crippen LogP contribution in [0.1, 0.15) is 0 Å². The number of fused-ring (bicyclic) bond motifs is 4. The maximum absolute atomic E-state index is 3.60. The van der Waals surface area contributed by atoms with Crippen molar-refractivity contribution in [3.8, 4) is 33.4 Å². The van der Waals surface area contributed by atoms with Crippen molar-refractivity contribution in [1.29, 1.82) is 0 Å². The molecule has 0 fully saturated rings. The quantitative estimate of drug-likeness (QED) is 0.223. The van der Waals surface area contributed by atoms with Crippen molar-refractivity contribution in [3.63, 3.8) is 0 Å². The Bertz CT molecular complexity index is 2190. The van der Waals surface area contributed by atoms with E-state index in [9.17, 15) is 0 Å². The molecule has 0 bridgehead atoms. The lowest BCUT2D eigenvalue weighted by molar-refractivity contribution is 1.54. The molecule has 2 heteroatoms. The molecular formula is C40H27NS. The SMILES string of the molecule is c1ccc(-c2cccc3cccc(-c4ccc(Nc5ccc(-c6cccc7sc8ccccc8c67)cc5)cc4)c23)cc1. The van der Waals surface area contributed by atoms with Gasteiger partial charge in [-0.2, -0.15) is 0 Å². The average Bonchev–Trinajstić information content (AvgIpc) is 3.44. The minimum atomic E-state index is 1.07. The Labute approximate surface area is 249 Å². The molecule has 42 heavy (non-hydrogen) atoms. The summed E-state index contributed by atoms with van der Waals surface area (Å²) in [5.74, 6) is 0. The summed E-state index contributed by atoms with van der Waals surface area (Å²) in [5.41, 5.74) is 9.61. The Morgan fingerprint density at radius 2 is 0.857 bits per heavy atom. The van der Waals surface area contributed by atoms with Crippen molar-refractivity contribution < 1.29 is 0 Å². The van der Waals surface area contributed by atoms with Gasteiger partial charge in [-0.25, -0.2) is 0 Å². The van der Waals surface area contributed by atoms with E-state index in [1.54, 1.807) is 0 Å². The number of hydrogen-bond acceptors (Lipinski definition) is 2. The van der Waals surface area contributed by atoms with Gasteiger partial charge in [-0.1, -0.05) is 121 Å². The van der Waals surface area contributed by atoms with Crippen LogP contribution in [0.4, 0.5) is 11.4 Å². The smallest absolute Gasteiger partial charge is 0.0384 e. The number of nitrogens with one attached hydrogen (secondary N) is 1. The van der Waals surface area contributed by atoms with Crippen molar-refractivity contribution >= 4 is 53.7 Å². The van der Waals surface area contributed by atoms with Gasteiger partial charge in [0.2, 0.25) is 0 Å². The molecule has 0 amide bonds. The van der Waals surface area contributed by atoms with E-state index in [1.165, 1.54) is 64.3 Å². The first kappa shape index (κ1) is 24.6. The molecule has 1 nitrogen and oxygen atoms in total. The standard InChI is InChI=1S/C40H27NS/c1-2-9-27(10-3-1)33-14-6-11-30-12-7-15-34(39(30)33)28-19-23-31(24-20-28)41-32-25-21-29(22-26-32)35-16-8-18-38-40(35)36-13-4-5-17-37(36)42-38/h1-26,41H. The predicted molar refractivity (Wildman–Crippen MR) is 183 cm³/mol. The van der Waals surface area contributed by atoms with E-state index in [0.717, 1.165) is 11.4 Å². The number of thiophene rings is 1. The summed E-state index contributed by atoms with van der Waals surface area (Å²) in [7, 11) is 0. The third kappa shape index (κ3) is 4.34. The lowest BCUT2D eigenvalue weighted by atomic mass is 9.91. The number of benzene rings is 7. The van der Waals surface area contributed by atoms with Gasteiger partial charge >= 0.3 is 0 Å². The summed E-state index contributed by atoms with van der Waals surface area (Å²) in [6, 6.07) is 56.7. The highest BCUT2D eigenvalue weighted by molar-refractivity contribution is 7.25. The van der Waals surface area contributed by atoms with E-state index in [0.29, 0.717) is 0 Å². The Balaban J connectivity index is 1.09. The Morgan fingerprint density at radius 1 is 0.357 bits per heavy atom. The number of hydrogen-bond donors (Lipinski definition) is 1. The van der Waals surface area contributed by atoms with Crippen LogP contribution in [0.15, 0.2) is 158 Å². The number of rotatable bonds is 5. The normalized spacial score (nSPS) is 11.3. The van der Waals surface area contributed by atoms with Crippen LogP contribution < -0.4 is 5.32 Å². The van der Waals surface area contributed by atoms with Gasteiger partial charge in [0, 0.05) is 31.5 Å². The van der Waals surface area contributed by atoms with E-state index in [2.05, 4.69) is 163 Å². The van der Waals surface area contributed by atoms with Gasteiger partial charge in [-0.15, -0.1) is 11.3 Å². The second-order valence-electron chi connectivity index (χ2n) is 10.6. The van der Waals surface area contributed by atoms with Gasteiger partial charge in [-0.05, 0) is 80.6 Å². The fraction of sp³-hybridized carbons (Fsp3) is 0. The summed E-state index contributed by atoms with van der Waals surface area (Å²) < 4.78 is 2.67. The highest BCUT2D eigenvalue weighted by Gasteiger charge is 2.12. The lowest BCUT2D eigenvalue weighted by Gasteiger charge is -2.14. The summed E-state index contributed by atoms with van der Waals surface area (Å²) in [6.07, 6.45) is 0. The van der Waals surface area contributed by atoms with E-state index in [1.807, 2.05) is 11.3 Å². The van der Waals surface area contributed by atoms with Crippen LogP contribution in [0.5, 0.6) is 0 Å². The van der Waals surface area contributed by atoms with Gasteiger partial charge in [0.25, 0.3) is 0 Å². The van der Waals surface area contributed by atoms with Crippen LogP contribution in [-0.2, 0) is 0 Å². The topological polar surface area (TPSA) is 12.0 Å². The van der Waals surface area contributed by atoms with Crippen LogP contribution >= 0.6 is 11.3 Å². The van der Waals surface area contributed by atoms with Crippen LogP contribution in [0.25, 0.3) is 64.3 Å². The van der Waals surface area contributed by atoms with Gasteiger partial charge < -0.3 is 5.32 Å². The zero-order valence-corrected chi connectivity index (χ0v) is 23.7. The van der Waals surface area contributed by atoms with E-state index < -0.39 is 0 Å². The molecular weight excluding hydrogens is 527 g/mol. The second-order valence-corrected chi connectivity index (χ2v) is 11.7. The lowest BCUT2D eigenvalue weighted by Crippen LogP contribution is -1.91. The average molecular weight is 554 g/mol. The Kier molecular flexibility index (Phi) is 6.05. The minimum Gasteiger partial charge on any atom is -0.356 e. The first-order valence-corrected chi connectivity index (χ1v) is 15.1. The maximum Gasteiger partial charge on any atom is 0.0384 e. The zero-order valence-electron chi connectivity index (χ0n) is 22.9. The maximum atomic E-state index is 3.60. The van der Waals surface area contributed by atoms with Crippen molar-refractivity contribution in [3.05, 3.63) is 158 Å². The van der Waals surface area contributed by atoms with Gasteiger partial charge in [0.1, 0.15) is 0 Å². The van der Waals surface area contributed by atoms with Crippen molar-refractivity contribution in [2.24, 2.45) is 0 Å². The molecule has 8 aromatic rings. The predicted octanol–water partition coefficient (Wildman–Crippen LogP) is 12.0. The van der Waals surface area contributed by atoms with E-state index in [4.69, 9.17) is 0 Å². The monoisotopic (exact) mass is 553 g/mol. The molecule has 1 N–H and O–H groups in total. The van der Waals surface area contributed by atoms with Crippen LogP contribution in [-0.4, -0.2) is 0 Å². The van der Waals surface area contributed by atoms with Gasteiger partial charge in [0.05, 0.1) is 0 Å². The molecule has 0 saturated heterocycles. The van der Waals surface area contributed by atoms with E-state index >= 15 is 0 Å². The second kappa shape index (κ2) is 10.3. The fourth-order valence-electron chi connectivity index (χ4n) is 6.09. The molecule has 0 aliphatic rings. The molecule has 0 radical (unpaired) electrons. The highest BCUT2D eigenvalue weighted by atomic mass is 32.1. The van der Waals surface area contributed by atoms with Crippen LogP contribution in [0.3, 0.4) is 0 Å². The zero-order chi connectivity index (χ0) is 27.9. The summed E-state index contributed by atoms with van der Waals surface area (Å²) in [6.45, 7) is 0. The molecule has 1 heterocycles. The number of anilines is 2. The highest BCUT2D eigenvalue weighted by Crippen LogP contribution is 2.40. The molecule has 0 spiro atoms. The first-order valence-electron chi connectivity index (χ1n) is 14.3. The van der Waals surface area contributed by atoms with Crippen molar-refractivity contribution in [2.45, 2.75) is 0 Å². The molecule has 198 valence electrons. The van der Waals surface area contributed by atoms with Gasteiger partial charge in [0.15, 0.2) is 0 Å². The van der Waals surface area contributed by atoms with Crippen molar-refractivity contribution in [2.75, 3.05) is 5.32 Å². The molecule has 1 aromatic heterocycles. The molecule has 0 aliphatic carbocycles. The van der Waals surface area contributed by atoms with Crippen molar-refractivity contribution in [1.82, 2.24) is 0 Å². The van der Waals surface area contributed by atoms with Crippen LogP contribution in [0.2, 0.25) is 0 Å². The minimum absolute atomic E-state index is 1.07. The molecule has 0 aliphatic heterocycles. The summed E-state index contributed by atoms with van der Waals surface area (Å²) in [4.78, 5) is 0. The Hall–Kier alpha value is -5.18. The molecule has 0 saturated carbocycles. The third-order valence-corrected chi connectivity index (χ3v) is 9.21. The van der Waals surface area contributed by atoms with E-state index in [-0.39, 0.29) is 0 Å². The summed E-state index contributed by atoms with van der Waals surface area (Å²) in [5, 5.41) is 8.82. The third-order valence-electron chi connectivity index (χ3n) is 8.07. The van der Waals surface area contributed by atoms with Crippen LogP contribution in [0, 0.1) is 0 Å². The Morgan fingerprint density at radius 3 is 1.50 bits per heavy atom. The summed E-state index contributed by atoms with van der Waals surface area (Å²) >= 11 is 1.86. The van der Waals surface area contributed by atoms with Gasteiger partial charge in [-0.3, -0.25) is 0 Å². The fourth-order valence-corrected chi connectivity index (χ4v) is 7.22. The molecule has 0 atom stereocenters. The molecule has 0 unspecified atom stereocenters.